The van der Waals surface area contributed by atoms with Gasteiger partial charge in [-0.25, -0.2) is 0 Å². The van der Waals surface area contributed by atoms with Gasteiger partial charge < -0.3 is 0 Å². The predicted octanol–water partition coefficient (Wildman–Crippen LogP) is 3.18. The summed E-state index contributed by atoms with van der Waals surface area (Å²) in [5.41, 5.74) is 0. The molecule has 1 saturated carbocycles. The Morgan fingerprint density at radius 1 is 1.11 bits per heavy atom. The van der Waals surface area contributed by atoms with E-state index in [2.05, 4.69) is 13.3 Å². The van der Waals surface area contributed by atoms with Crippen LogP contribution < -0.4 is 0 Å². The van der Waals surface area contributed by atoms with Crippen LogP contribution in [0.5, 0.6) is 0 Å². The molecule has 0 heterocycles. The maximum atomic E-state index is 2.45. The Morgan fingerprint density at radius 2 is 1.67 bits per heavy atom. The molecule has 0 bridgehead atoms. The molecule has 1 aliphatic carbocycles. The van der Waals surface area contributed by atoms with Gasteiger partial charge in [-0.3, -0.25) is 0 Å². The lowest BCUT2D eigenvalue weighted by Gasteiger charge is -2.13. The van der Waals surface area contributed by atoms with E-state index in [1.54, 1.807) is 0 Å². The van der Waals surface area contributed by atoms with Crippen LogP contribution in [0.4, 0.5) is 0 Å². The molecule has 0 aromatic rings. The SMILES string of the molecule is CC1CCC[CH]CCC1. The van der Waals surface area contributed by atoms with Crippen molar-refractivity contribution in [2.75, 3.05) is 0 Å². The second-order valence-corrected chi connectivity index (χ2v) is 3.26. The minimum Gasteiger partial charge on any atom is -0.0625 e. The van der Waals surface area contributed by atoms with Crippen molar-refractivity contribution in [3.05, 3.63) is 6.42 Å². The molecule has 0 saturated heterocycles. The predicted molar refractivity (Wildman–Crippen MR) is 41.2 cm³/mol. The van der Waals surface area contributed by atoms with Crippen LogP contribution in [-0.2, 0) is 0 Å². The molecular weight excluding hydrogens is 108 g/mol. The highest BCUT2D eigenvalue weighted by molar-refractivity contribution is 4.69. The van der Waals surface area contributed by atoms with E-state index in [0.29, 0.717) is 0 Å². The van der Waals surface area contributed by atoms with E-state index in [4.69, 9.17) is 0 Å². The molecule has 53 valence electrons. The lowest BCUT2D eigenvalue weighted by molar-refractivity contribution is 0.435. The molecule has 0 aromatic carbocycles. The summed E-state index contributed by atoms with van der Waals surface area (Å²) in [5, 5.41) is 0. The zero-order valence-electron chi connectivity index (χ0n) is 6.40. The fourth-order valence-corrected chi connectivity index (χ4v) is 1.51. The minimum atomic E-state index is 0.999. The molecule has 0 atom stereocenters. The average molecular weight is 125 g/mol. The summed E-state index contributed by atoms with van der Waals surface area (Å²) in [7, 11) is 0. The van der Waals surface area contributed by atoms with Crippen molar-refractivity contribution in [1.29, 1.82) is 0 Å². The molecule has 9 heavy (non-hydrogen) atoms. The molecule has 0 N–H and O–H groups in total. The van der Waals surface area contributed by atoms with Gasteiger partial charge in [-0.05, 0) is 12.3 Å². The van der Waals surface area contributed by atoms with Crippen molar-refractivity contribution in [2.24, 2.45) is 5.92 Å². The third kappa shape index (κ3) is 2.88. The summed E-state index contributed by atoms with van der Waals surface area (Å²) in [6, 6.07) is 0. The van der Waals surface area contributed by atoms with Gasteiger partial charge >= 0.3 is 0 Å². The zero-order chi connectivity index (χ0) is 6.53. The Balaban J connectivity index is 2.12. The van der Waals surface area contributed by atoms with Gasteiger partial charge in [0.15, 0.2) is 0 Å². The summed E-state index contributed by atoms with van der Waals surface area (Å²) in [5.74, 6) is 0.999. The fourth-order valence-electron chi connectivity index (χ4n) is 1.51. The van der Waals surface area contributed by atoms with Crippen LogP contribution in [0, 0.1) is 12.3 Å². The molecular formula is C9H17. The van der Waals surface area contributed by atoms with Gasteiger partial charge in [0, 0.05) is 0 Å². The average Bonchev–Trinajstić information content (AvgIpc) is 1.79. The largest absolute Gasteiger partial charge is 0.0625 e. The normalized spacial score (nSPS) is 25.0. The smallest absolute Gasteiger partial charge is 0.0386 e. The second kappa shape index (κ2) is 3.92. The van der Waals surface area contributed by atoms with E-state index in [9.17, 15) is 0 Å². The summed E-state index contributed by atoms with van der Waals surface area (Å²) < 4.78 is 0. The van der Waals surface area contributed by atoms with Gasteiger partial charge in [0.2, 0.25) is 0 Å². The van der Waals surface area contributed by atoms with Crippen LogP contribution in [0.3, 0.4) is 0 Å². The quantitative estimate of drug-likeness (QED) is 0.466. The summed E-state index contributed by atoms with van der Waals surface area (Å²) in [4.78, 5) is 0. The number of hydrogen-bond acceptors (Lipinski definition) is 0. The molecule has 0 aliphatic heterocycles. The molecule has 0 spiro atoms. The Hall–Kier alpha value is 0. The van der Waals surface area contributed by atoms with Crippen molar-refractivity contribution in [2.45, 2.75) is 45.4 Å². The van der Waals surface area contributed by atoms with Crippen LogP contribution >= 0.6 is 0 Å². The number of rotatable bonds is 0. The van der Waals surface area contributed by atoms with Crippen LogP contribution in [-0.4, -0.2) is 0 Å². The van der Waals surface area contributed by atoms with E-state index >= 15 is 0 Å². The van der Waals surface area contributed by atoms with Crippen LogP contribution in [0.2, 0.25) is 0 Å². The molecule has 0 aromatic heterocycles. The first kappa shape index (κ1) is 7.11. The van der Waals surface area contributed by atoms with Crippen LogP contribution in [0.15, 0.2) is 0 Å². The molecule has 0 amide bonds. The second-order valence-electron chi connectivity index (χ2n) is 3.26. The Kier molecular flexibility index (Phi) is 3.10. The van der Waals surface area contributed by atoms with E-state index in [0.717, 1.165) is 5.92 Å². The van der Waals surface area contributed by atoms with Gasteiger partial charge in [-0.2, -0.15) is 0 Å². The summed E-state index contributed by atoms with van der Waals surface area (Å²) in [6.45, 7) is 2.38. The van der Waals surface area contributed by atoms with E-state index < -0.39 is 0 Å². The van der Waals surface area contributed by atoms with Crippen molar-refractivity contribution >= 4 is 0 Å². The third-order valence-corrected chi connectivity index (χ3v) is 2.21. The highest BCUT2D eigenvalue weighted by Crippen LogP contribution is 2.20. The van der Waals surface area contributed by atoms with Crippen molar-refractivity contribution in [3.8, 4) is 0 Å². The summed E-state index contributed by atoms with van der Waals surface area (Å²) in [6.07, 6.45) is 11.0. The zero-order valence-corrected chi connectivity index (χ0v) is 6.40. The fraction of sp³-hybridized carbons (Fsp3) is 0.889. The monoisotopic (exact) mass is 125 g/mol. The van der Waals surface area contributed by atoms with E-state index in [-0.39, 0.29) is 0 Å². The van der Waals surface area contributed by atoms with Crippen LogP contribution in [0.25, 0.3) is 0 Å². The molecule has 0 unspecified atom stereocenters. The maximum Gasteiger partial charge on any atom is -0.0386 e. The highest BCUT2D eigenvalue weighted by Gasteiger charge is 2.04. The maximum absolute atomic E-state index is 2.45. The van der Waals surface area contributed by atoms with E-state index in [1.807, 2.05) is 0 Å². The highest BCUT2D eigenvalue weighted by atomic mass is 14.1. The first-order valence-corrected chi connectivity index (χ1v) is 4.21. The topological polar surface area (TPSA) is 0 Å². The first-order valence-electron chi connectivity index (χ1n) is 4.21. The molecule has 0 heteroatoms. The van der Waals surface area contributed by atoms with Crippen LogP contribution in [0.1, 0.15) is 45.4 Å². The first-order chi connectivity index (χ1) is 4.39. The van der Waals surface area contributed by atoms with Gasteiger partial charge in [0.25, 0.3) is 0 Å². The molecule has 1 radical (unpaired) electrons. The lowest BCUT2D eigenvalue weighted by atomic mass is 9.93. The Morgan fingerprint density at radius 3 is 2.22 bits per heavy atom. The van der Waals surface area contributed by atoms with Crippen molar-refractivity contribution in [1.82, 2.24) is 0 Å². The third-order valence-electron chi connectivity index (χ3n) is 2.21. The minimum absolute atomic E-state index is 0.999. The van der Waals surface area contributed by atoms with Gasteiger partial charge in [0.05, 0.1) is 0 Å². The van der Waals surface area contributed by atoms with Gasteiger partial charge in [0.1, 0.15) is 0 Å². The van der Waals surface area contributed by atoms with E-state index in [1.165, 1.54) is 38.5 Å². The Bertz CT molecular complexity index is 58.4. The molecule has 1 aliphatic rings. The standard InChI is InChI=1S/C9H17/c1-9-7-5-3-2-4-6-8-9/h2,9H,3-8H2,1H3. The lowest BCUT2D eigenvalue weighted by Crippen LogP contribution is -1.98. The molecule has 1 fully saturated rings. The Labute approximate surface area is 58.7 Å². The van der Waals surface area contributed by atoms with Gasteiger partial charge in [-0.15, -0.1) is 0 Å². The van der Waals surface area contributed by atoms with Crippen molar-refractivity contribution in [3.63, 3.8) is 0 Å². The van der Waals surface area contributed by atoms with Gasteiger partial charge in [-0.1, -0.05) is 45.4 Å². The molecule has 1 rings (SSSR count). The summed E-state index contributed by atoms with van der Waals surface area (Å²) >= 11 is 0. The number of hydrogen-bond donors (Lipinski definition) is 0. The molecule has 0 nitrogen and oxygen atoms in total. The van der Waals surface area contributed by atoms with Crippen molar-refractivity contribution < 1.29 is 0 Å².